The van der Waals surface area contributed by atoms with Crippen LogP contribution in [0.5, 0.6) is 0 Å². The summed E-state index contributed by atoms with van der Waals surface area (Å²) >= 11 is 0. The van der Waals surface area contributed by atoms with Gasteiger partial charge in [0.05, 0.1) is 11.4 Å². The summed E-state index contributed by atoms with van der Waals surface area (Å²) in [6.07, 6.45) is 5.76. The number of fused-ring (bicyclic) bond motifs is 2. The molecule has 0 saturated carbocycles. The maximum Gasteiger partial charge on any atom is 2.00 e. The van der Waals surface area contributed by atoms with Gasteiger partial charge in [-0.25, -0.2) is 0 Å². The number of aromatic nitrogens is 1. The van der Waals surface area contributed by atoms with Crippen LogP contribution in [0, 0.1) is 7.05 Å². The van der Waals surface area contributed by atoms with Crippen molar-refractivity contribution in [3.8, 4) is 0 Å². The van der Waals surface area contributed by atoms with E-state index in [0.717, 1.165) is 19.5 Å². The average Bonchev–Trinajstić information content (AvgIpc) is 2.97. The summed E-state index contributed by atoms with van der Waals surface area (Å²) in [6.45, 7) is 1.83. The van der Waals surface area contributed by atoms with Gasteiger partial charge in [0.15, 0.2) is 0 Å². The SMILES string of the molecule is [CH2-]N(CC1Nc2ccccc2N1)CC1CCCc2cccnc21.[W+2]. The number of para-hydroxylation sites is 2. The van der Waals surface area contributed by atoms with E-state index in [0.29, 0.717) is 5.92 Å². The summed E-state index contributed by atoms with van der Waals surface area (Å²) in [4.78, 5) is 6.80. The second kappa shape index (κ2) is 7.67. The predicted molar refractivity (Wildman–Crippen MR) is 94.3 cm³/mol. The Kier molecular flexibility index (Phi) is 5.57. The largest absolute Gasteiger partial charge is 2.00 e. The molecule has 2 aliphatic rings. The van der Waals surface area contributed by atoms with Gasteiger partial charge in [0.2, 0.25) is 0 Å². The molecule has 2 heterocycles. The van der Waals surface area contributed by atoms with Crippen LogP contribution in [-0.2, 0) is 27.5 Å². The summed E-state index contributed by atoms with van der Waals surface area (Å²) in [5.41, 5.74) is 5.05. The van der Waals surface area contributed by atoms with Crippen LogP contribution in [0.1, 0.15) is 30.0 Å². The van der Waals surface area contributed by atoms with Crippen LogP contribution in [0.4, 0.5) is 11.4 Å². The smallest absolute Gasteiger partial charge is 0.455 e. The van der Waals surface area contributed by atoms with Crippen molar-refractivity contribution in [1.29, 1.82) is 0 Å². The molecule has 4 nitrogen and oxygen atoms in total. The summed E-state index contributed by atoms with van der Waals surface area (Å²) in [6, 6.07) is 12.6. The average molecular weight is 491 g/mol. The molecule has 0 bridgehead atoms. The first kappa shape index (κ1) is 17.4. The van der Waals surface area contributed by atoms with E-state index in [1.54, 1.807) is 0 Å². The van der Waals surface area contributed by atoms with Crippen LogP contribution in [0.15, 0.2) is 42.6 Å². The third-order valence-electron chi connectivity index (χ3n) is 4.82. The monoisotopic (exact) mass is 491 g/mol. The fraction of sp³-hybridized carbons (Fsp3) is 0.368. The Hall–Kier alpha value is -1.38. The van der Waals surface area contributed by atoms with E-state index in [9.17, 15) is 0 Å². The van der Waals surface area contributed by atoms with Crippen LogP contribution >= 0.6 is 0 Å². The summed E-state index contributed by atoms with van der Waals surface area (Å²) in [5, 5.41) is 7.03. The van der Waals surface area contributed by atoms with Gasteiger partial charge < -0.3 is 15.5 Å². The number of anilines is 2. The molecule has 0 amide bonds. The summed E-state index contributed by atoms with van der Waals surface area (Å²) in [5.74, 6) is 0.501. The molecule has 5 heteroatoms. The predicted octanol–water partition coefficient (Wildman–Crippen LogP) is 3.46. The Morgan fingerprint density at radius 2 is 1.83 bits per heavy atom. The molecule has 1 aromatic carbocycles. The van der Waals surface area contributed by atoms with Crippen molar-refractivity contribution >= 4 is 11.4 Å². The molecule has 4 rings (SSSR count). The van der Waals surface area contributed by atoms with Crippen LogP contribution in [0.25, 0.3) is 0 Å². The number of hydrogen-bond acceptors (Lipinski definition) is 4. The third-order valence-corrected chi connectivity index (χ3v) is 4.82. The van der Waals surface area contributed by atoms with Crippen molar-refractivity contribution in [2.45, 2.75) is 31.3 Å². The van der Waals surface area contributed by atoms with Crippen molar-refractivity contribution in [2.75, 3.05) is 23.7 Å². The Balaban J connectivity index is 0.00000169. The van der Waals surface area contributed by atoms with Crippen molar-refractivity contribution in [2.24, 2.45) is 0 Å². The molecule has 1 unspecified atom stereocenters. The standard InChI is InChI=1S/C19H23N4.W/c1-23(13-18-21-16-9-2-3-10-17(16)22-18)12-15-7-4-6-14-8-5-11-20-19(14)15;/h2-3,5,8-11,15,18,21-22H,1,4,6-7,12-13H2;/q-1;+2. The fourth-order valence-electron chi connectivity index (χ4n) is 3.77. The molecule has 1 atom stereocenters. The maximum absolute atomic E-state index is 4.63. The van der Waals surface area contributed by atoms with E-state index in [2.05, 4.69) is 57.9 Å². The second-order valence-corrected chi connectivity index (χ2v) is 6.56. The number of aryl methyl sites for hydroxylation is 1. The first-order valence-electron chi connectivity index (χ1n) is 8.41. The molecule has 0 saturated heterocycles. The van der Waals surface area contributed by atoms with Crippen molar-refractivity contribution in [3.63, 3.8) is 0 Å². The van der Waals surface area contributed by atoms with E-state index >= 15 is 0 Å². The number of nitrogens with zero attached hydrogens (tertiary/aromatic N) is 2. The topological polar surface area (TPSA) is 40.2 Å². The Morgan fingerprint density at radius 3 is 2.58 bits per heavy atom. The minimum Gasteiger partial charge on any atom is -0.455 e. The first-order chi connectivity index (χ1) is 11.3. The van der Waals surface area contributed by atoms with E-state index in [1.807, 2.05) is 12.3 Å². The molecule has 1 aromatic heterocycles. The number of rotatable bonds is 4. The van der Waals surface area contributed by atoms with Crippen molar-refractivity contribution in [3.05, 3.63) is 60.9 Å². The van der Waals surface area contributed by atoms with Crippen molar-refractivity contribution in [1.82, 2.24) is 9.88 Å². The van der Waals surface area contributed by atoms with Gasteiger partial charge in [-0.15, -0.1) is 0 Å². The molecule has 1 aliphatic heterocycles. The van der Waals surface area contributed by atoms with Crippen molar-refractivity contribution < 1.29 is 21.1 Å². The molecule has 124 valence electrons. The minimum absolute atomic E-state index is 0. The normalized spacial score (nSPS) is 19.0. The summed E-state index contributed by atoms with van der Waals surface area (Å²) < 4.78 is 0. The molecule has 0 fully saturated rings. The Bertz CT molecular complexity index is 666. The first-order valence-corrected chi connectivity index (χ1v) is 8.41. The molecule has 0 spiro atoms. The van der Waals surface area contributed by atoms with Crippen LogP contribution in [-0.4, -0.2) is 29.1 Å². The number of benzene rings is 1. The van der Waals surface area contributed by atoms with Gasteiger partial charge >= 0.3 is 21.1 Å². The molecule has 0 radical (unpaired) electrons. The van der Waals surface area contributed by atoms with E-state index in [-0.39, 0.29) is 27.2 Å². The molecule has 2 N–H and O–H groups in total. The molecule has 2 aromatic rings. The second-order valence-electron chi connectivity index (χ2n) is 6.56. The fourth-order valence-corrected chi connectivity index (χ4v) is 3.77. The van der Waals surface area contributed by atoms with Gasteiger partial charge in [0.1, 0.15) is 6.17 Å². The summed E-state index contributed by atoms with van der Waals surface area (Å²) in [7, 11) is 4.26. The number of hydrogen-bond donors (Lipinski definition) is 2. The van der Waals surface area contributed by atoms with E-state index in [4.69, 9.17) is 0 Å². The molecule has 24 heavy (non-hydrogen) atoms. The zero-order chi connectivity index (χ0) is 15.6. The molecule has 1 aliphatic carbocycles. The zero-order valence-corrected chi connectivity index (χ0v) is 16.7. The van der Waals surface area contributed by atoms with Gasteiger partial charge in [-0.2, -0.15) is 0 Å². The third kappa shape index (κ3) is 3.65. The zero-order valence-electron chi connectivity index (χ0n) is 13.7. The number of pyridine rings is 1. The van der Waals surface area contributed by atoms with E-state index in [1.165, 1.54) is 35.5 Å². The Labute approximate surface area is 158 Å². The maximum atomic E-state index is 4.63. The molecular weight excluding hydrogens is 468 g/mol. The van der Waals surface area contributed by atoms with Crippen LogP contribution in [0.3, 0.4) is 0 Å². The van der Waals surface area contributed by atoms with Gasteiger partial charge in [-0.05, 0) is 49.6 Å². The van der Waals surface area contributed by atoms with Crippen LogP contribution in [0.2, 0.25) is 0 Å². The van der Waals surface area contributed by atoms with Gasteiger partial charge in [-0.1, -0.05) is 18.2 Å². The van der Waals surface area contributed by atoms with Crippen LogP contribution < -0.4 is 10.6 Å². The van der Waals surface area contributed by atoms with Gasteiger partial charge in [0, 0.05) is 24.4 Å². The minimum atomic E-state index is 0. The van der Waals surface area contributed by atoms with E-state index < -0.39 is 0 Å². The van der Waals surface area contributed by atoms with Gasteiger partial charge in [-0.3, -0.25) is 12.0 Å². The molecular formula is C19H23N4W+. The number of nitrogens with one attached hydrogen (secondary N) is 2. The quantitative estimate of drug-likeness (QED) is 0.644. The van der Waals surface area contributed by atoms with Gasteiger partial charge in [0.25, 0.3) is 0 Å². The Morgan fingerprint density at radius 1 is 1.08 bits per heavy atom.